The number of nitrogens with two attached hydrogens (primary N) is 1. The largest absolute Gasteiger partial charge is 1.00 e. The zero-order chi connectivity index (χ0) is 8.15. The minimum absolute atomic E-state index is 0. The number of Topliss-reactive ketones (excluding diaryl/α,β-unsaturated/α-hetero) is 1. The number of amides is 1. The number of rotatable bonds is 4. The van der Waals surface area contributed by atoms with Gasteiger partial charge in [-0.3, -0.25) is 9.59 Å². The van der Waals surface area contributed by atoms with Gasteiger partial charge in [0.05, 0.1) is 11.7 Å². The number of primary amides is 1. The Morgan fingerprint density at radius 1 is 1.64 bits per heavy atom. The second kappa shape index (κ2) is 7.16. The van der Waals surface area contributed by atoms with Gasteiger partial charge in [-0.15, -0.1) is 0 Å². The zero-order valence-electron chi connectivity index (χ0n) is 7.83. The molecule has 1 amide bonds. The molecule has 0 rings (SSSR count). The summed E-state index contributed by atoms with van der Waals surface area (Å²) in [5, 5.41) is 0. The molecular weight excluding hydrogens is 173 g/mol. The molecule has 0 saturated carbocycles. The Labute approximate surface area is 95.3 Å². The predicted octanol–water partition coefficient (Wildman–Crippen LogP) is -2.89. The van der Waals surface area contributed by atoms with Crippen LogP contribution in [0.15, 0.2) is 0 Å². The van der Waals surface area contributed by atoms with E-state index in [1.807, 2.05) is 0 Å². The molecule has 1 atom stereocenters. The molecule has 60 valence electrons. The minimum Gasteiger partial charge on any atom is -1.00 e. The van der Waals surface area contributed by atoms with Crippen LogP contribution in [0.1, 0.15) is 14.8 Å². The van der Waals surface area contributed by atoms with Crippen LogP contribution < -0.4 is 35.3 Å². The van der Waals surface area contributed by atoms with Crippen molar-refractivity contribution in [3.8, 4) is 0 Å². The van der Waals surface area contributed by atoms with E-state index in [2.05, 4.69) is 12.6 Å². The van der Waals surface area contributed by atoms with Gasteiger partial charge in [0.1, 0.15) is 0 Å². The van der Waals surface area contributed by atoms with Gasteiger partial charge in [-0.2, -0.15) is 12.6 Å². The van der Waals surface area contributed by atoms with Crippen LogP contribution in [0.25, 0.3) is 0 Å². The zero-order valence-corrected chi connectivity index (χ0v) is 9.73. The van der Waals surface area contributed by atoms with Gasteiger partial charge in [-0.1, -0.05) is 6.92 Å². The van der Waals surface area contributed by atoms with E-state index in [-0.39, 0.29) is 42.5 Å². The standard InChI is InChI=1S/C6H11NO2S.Na.H/c1-2-4(6(7)9)5(8)3-10;;/h4,10H,2-3H2,1H3,(H2,7,9);;/q;+1;-1. The van der Waals surface area contributed by atoms with E-state index >= 15 is 0 Å². The number of carbonyl (C=O) groups is 2. The molecule has 0 radical (unpaired) electrons. The molecule has 3 nitrogen and oxygen atoms in total. The molecule has 0 aromatic heterocycles. The minimum atomic E-state index is -0.641. The fourth-order valence-electron chi connectivity index (χ4n) is 0.698. The van der Waals surface area contributed by atoms with Crippen LogP contribution in [0.4, 0.5) is 0 Å². The Balaban J connectivity index is -0.000000405. The van der Waals surface area contributed by atoms with Crippen molar-refractivity contribution in [1.82, 2.24) is 0 Å². The van der Waals surface area contributed by atoms with Crippen molar-refractivity contribution >= 4 is 24.3 Å². The topological polar surface area (TPSA) is 60.2 Å². The smallest absolute Gasteiger partial charge is 1.00 e. The molecule has 5 heteroatoms. The van der Waals surface area contributed by atoms with Gasteiger partial charge in [0.25, 0.3) is 0 Å². The number of thiol groups is 1. The van der Waals surface area contributed by atoms with Crippen molar-refractivity contribution in [2.75, 3.05) is 5.75 Å². The van der Waals surface area contributed by atoms with Gasteiger partial charge < -0.3 is 7.16 Å². The Hall–Kier alpha value is 0.490. The van der Waals surface area contributed by atoms with Crippen LogP contribution in [0.5, 0.6) is 0 Å². The first-order chi connectivity index (χ1) is 4.63. The molecule has 1 unspecified atom stereocenters. The van der Waals surface area contributed by atoms with Crippen LogP contribution in [0.3, 0.4) is 0 Å². The van der Waals surface area contributed by atoms with Crippen LogP contribution >= 0.6 is 12.6 Å². The van der Waals surface area contributed by atoms with E-state index in [0.29, 0.717) is 6.42 Å². The molecule has 11 heavy (non-hydrogen) atoms. The van der Waals surface area contributed by atoms with Crippen molar-refractivity contribution in [3.05, 3.63) is 0 Å². The molecular formula is C6H12NNaO2S. The van der Waals surface area contributed by atoms with Gasteiger partial charge in [0.15, 0.2) is 5.78 Å². The van der Waals surface area contributed by atoms with Gasteiger partial charge in [-0.25, -0.2) is 0 Å². The van der Waals surface area contributed by atoms with Gasteiger partial charge in [0.2, 0.25) is 5.91 Å². The van der Waals surface area contributed by atoms with Gasteiger partial charge in [0, 0.05) is 0 Å². The Morgan fingerprint density at radius 2 is 2.09 bits per heavy atom. The fourth-order valence-corrected chi connectivity index (χ4v) is 0.918. The van der Waals surface area contributed by atoms with E-state index in [1.165, 1.54) is 0 Å². The van der Waals surface area contributed by atoms with Crippen molar-refractivity contribution < 1.29 is 40.6 Å². The molecule has 0 bridgehead atoms. The first-order valence-corrected chi connectivity index (χ1v) is 3.69. The van der Waals surface area contributed by atoms with Crippen molar-refractivity contribution in [3.63, 3.8) is 0 Å². The summed E-state index contributed by atoms with van der Waals surface area (Å²) in [6.07, 6.45) is 0.467. The molecule has 0 heterocycles. The summed E-state index contributed by atoms with van der Waals surface area (Å²) in [7, 11) is 0. The number of carbonyl (C=O) groups excluding carboxylic acids is 2. The third kappa shape index (κ3) is 4.85. The van der Waals surface area contributed by atoms with E-state index < -0.39 is 11.8 Å². The molecule has 0 aliphatic rings. The first-order valence-electron chi connectivity index (χ1n) is 3.06. The average molecular weight is 185 g/mol. The number of hydrogen-bond acceptors (Lipinski definition) is 3. The van der Waals surface area contributed by atoms with E-state index in [9.17, 15) is 9.59 Å². The van der Waals surface area contributed by atoms with Crippen LogP contribution in [-0.2, 0) is 9.59 Å². The second-order valence-corrected chi connectivity index (χ2v) is 2.30. The quantitative estimate of drug-likeness (QED) is 0.281. The van der Waals surface area contributed by atoms with Crippen LogP contribution in [0.2, 0.25) is 0 Å². The van der Waals surface area contributed by atoms with Gasteiger partial charge in [-0.05, 0) is 6.42 Å². The third-order valence-corrected chi connectivity index (χ3v) is 1.61. The van der Waals surface area contributed by atoms with E-state index in [4.69, 9.17) is 5.73 Å². The maximum Gasteiger partial charge on any atom is 1.00 e. The molecule has 0 aromatic rings. The average Bonchev–Trinajstić information content (AvgIpc) is 1.88. The summed E-state index contributed by atoms with van der Waals surface area (Å²) in [5.41, 5.74) is 4.93. The SMILES string of the molecule is CCC(C(N)=O)C(=O)CS.[H-].[Na+]. The Bertz CT molecular complexity index is 156. The summed E-state index contributed by atoms with van der Waals surface area (Å²) in [4.78, 5) is 21.3. The summed E-state index contributed by atoms with van der Waals surface area (Å²) >= 11 is 3.75. The van der Waals surface area contributed by atoms with Gasteiger partial charge >= 0.3 is 29.6 Å². The van der Waals surface area contributed by atoms with E-state index in [0.717, 1.165) is 0 Å². The molecule has 0 fully saturated rings. The summed E-state index contributed by atoms with van der Waals surface area (Å²) in [6, 6.07) is 0. The summed E-state index contributed by atoms with van der Waals surface area (Å²) in [6.45, 7) is 1.75. The monoisotopic (exact) mass is 185 g/mol. The number of hydrogen-bond donors (Lipinski definition) is 2. The molecule has 2 N–H and O–H groups in total. The Kier molecular flexibility index (Phi) is 9.13. The van der Waals surface area contributed by atoms with Crippen molar-refractivity contribution in [2.24, 2.45) is 11.7 Å². The maximum absolute atomic E-state index is 10.8. The molecule has 0 spiro atoms. The maximum atomic E-state index is 10.8. The first kappa shape index (κ1) is 14.0. The summed E-state index contributed by atoms with van der Waals surface area (Å²) < 4.78 is 0. The normalized spacial score (nSPS) is 11.5. The molecule has 0 saturated heterocycles. The number of ketones is 1. The second-order valence-electron chi connectivity index (χ2n) is 1.99. The molecule has 0 aliphatic heterocycles. The Morgan fingerprint density at radius 3 is 2.18 bits per heavy atom. The summed E-state index contributed by atoms with van der Waals surface area (Å²) in [5.74, 6) is -1.31. The van der Waals surface area contributed by atoms with E-state index in [1.54, 1.807) is 6.92 Å². The van der Waals surface area contributed by atoms with Crippen molar-refractivity contribution in [1.29, 1.82) is 0 Å². The van der Waals surface area contributed by atoms with Crippen LogP contribution in [0, 0.1) is 5.92 Å². The van der Waals surface area contributed by atoms with Crippen LogP contribution in [-0.4, -0.2) is 17.4 Å². The molecule has 0 aromatic carbocycles. The fraction of sp³-hybridized carbons (Fsp3) is 0.667. The van der Waals surface area contributed by atoms with Crippen molar-refractivity contribution in [2.45, 2.75) is 13.3 Å². The molecule has 0 aliphatic carbocycles. The third-order valence-electron chi connectivity index (χ3n) is 1.30. The predicted molar refractivity (Wildman–Crippen MR) is 42.9 cm³/mol.